The van der Waals surface area contributed by atoms with Crippen LogP contribution in [0.5, 0.6) is 0 Å². The highest BCUT2D eigenvalue weighted by Gasteiger charge is 2.26. The van der Waals surface area contributed by atoms with Crippen molar-refractivity contribution in [1.29, 1.82) is 0 Å². The third kappa shape index (κ3) is 22.6. The van der Waals surface area contributed by atoms with Crippen molar-refractivity contribution in [2.75, 3.05) is 0 Å². The van der Waals surface area contributed by atoms with E-state index in [-0.39, 0.29) is 12.5 Å². The van der Waals surface area contributed by atoms with Gasteiger partial charge < -0.3 is 5.73 Å². The second-order valence-electron chi connectivity index (χ2n) is 2.32. The van der Waals surface area contributed by atoms with Crippen molar-refractivity contribution >= 4 is 0 Å². The SMILES string of the molecule is CC.CC.CCC(N)CCC(F)(F)F. The molecule has 0 aromatic carbocycles. The Morgan fingerprint density at radius 1 is 1.07 bits per heavy atom. The number of alkyl halides is 3. The predicted molar refractivity (Wildman–Crippen MR) is 56.3 cm³/mol. The molecule has 0 saturated carbocycles. The highest BCUT2D eigenvalue weighted by molar-refractivity contribution is 4.61. The standard InChI is InChI=1S/C6H12F3N.2C2H6/c1-2-5(10)3-4-6(7,8)9;2*1-2/h5H,2-4,10H2,1H3;2*1-2H3. The number of rotatable bonds is 3. The molecule has 1 nitrogen and oxygen atoms in total. The molecule has 0 aliphatic heterocycles. The second-order valence-corrected chi connectivity index (χ2v) is 2.32. The van der Waals surface area contributed by atoms with Crippen molar-refractivity contribution in [3.63, 3.8) is 0 Å². The van der Waals surface area contributed by atoms with E-state index in [4.69, 9.17) is 5.73 Å². The summed E-state index contributed by atoms with van der Waals surface area (Å²) in [6, 6.07) is -0.304. The van der Waals surface area contributed by atoms with E-state index in [1.807, 2.05) is 27.7 Å². The molecule has 14 heavy (non-hydrogen) atoms. The van der Waals surface area contributed by atoms with Crippen LogP contribution in [0.3, 0.4) is 0 Å². The van der Waals surface area contributed by atoms with Gasteiger partial charge in [-0.1, -0.05) is 34.6 Å². The highest BCUT2D eigenvalue weighted by Crippen LogP contribution is 2.22. The van der Waals surface area contributed by atoms with Crippen molar-refractivity contribution in [2.45, 2.75) is 66.1 Å². The van der Waals surface area contributed by atoms with Gasteiger partial charge in [-0.2, -0.15) is 13.2 Å². The van der Waals surface area contributed by atoms with Crippen molar-refractivity contribution in [1.82, 2.24) is 0 Å². The predicted octanol–water partition coefficient (Wildman–Crippen LogP) is 4.12. The van der Waals surface area contributed by atoms with Crippen LogP contribution in [0.2, 0.25) is 0 Å². The van der Waals surface area contributed by atoms with E-state index in [1.54, 1.807) is 6.92 Å². The van der Waals surface area contributed by atoms with Gasteiger partial charge in [0.1, 0.15) is 0 Å². The Kier molecular flexibility index (Phi) is 17.6. The first-order chi connectivity index (χ1) is 6.45. The molecular formula is C10H24F3N. The molecular weight excluding hydrogens is 191 g/mol. The summed E-state index contributed by atoms with van der Waals surface area (Å²) in [7, 11) is 0. The first kappa shape index (κ1) is 19.3. The zero-order valence-corrected chi connectivity index (χ0v) is 9.91. The summed E-state index contributed by atoms with van der Waals surface area (Å²) in [4.78, 5) is 0. The zero-order valence-electron chi connectivity index (χ0n) is 9.91. The van der Waals surface area contributed by atoms with Crippen LogP contribution in [0.1, 0.15) is 53.9 Å². The van der Waals surface area contributed by atoms with E-state index in [0.717, 1.165) is 0 Å². The van der Waals surface area contributed by atoms with Crippen LogP contribution in [0.25, 0.3) is 0 Å². The van der Waals surface area contributed by atoms with E-state index in [9.17, 15) is 13.2 Å². The summed E-state index contributed by atoms with van der Waals surface area (Å²) in [6.07, 6.45) is -4.16. The van der Waals surface area contributed by atoms with Crippen LogP contribution in [0.15, 0.2) is 0 Å². The van der Waals surface area contributed by atoms with Crippen LogP contribution in [0.4, 0.5) is 13.2 Å². The molecule has 0 heterocycles. The third-order valence-corrected chi connectivity index (χ3v) is 1.32. The number of hydrogen-bond acceptors (Lipinski definition) is 1. The summed E-state index contributed by atoms with van der Waals surface area (Å²) < 4.78 is 34.5. The molecule has 0 bridgehead atoms. The largest absolute Gasteiger partial charge is 0.389 e. The van der Waals surface area contributed by atoms with Crippen LogP contribution in [0, 0.1) is 0 Å². The first-order valence-corrected chi connectivity index (χ1v) is 5.28. The maximum Gasteiger partial charge on any atom is 0.389 e. The summed E-state index contributed by atoms with van der Waals surface area (Å²) in [5.74, 6) is 0. The van der Waals surface area contributed by atoms with Crippen LogP contribution in [-0.2, 0) is 0 Å². The van der Waals surface area contributed by atoms with Crippen LogP contribution >= 0.6 is 0 Å². The maximum absolute atomic E-state index is 11.5. The van der Waals surface area contributed by atoms with Crippen molar-refractivity contribution in [3.05, 3.63) is 0 Å². The lowest BCUT2D eigenvalue weighted by Gasteiger charge is -2.09. The van der Waals surface area contributed by atoms with E-state index in [2.05, 4.69) is 0 Å². The quantitative estimate of drug-likeness (QED) is 0.753. The zero-order chi connectivity index (χ0) is 12.2. The molecule has 2 N–H and O–H groups in total. The summed E-state index contributed by atoms with van der Waals surface area (Å²) in [6.45, 7) is 9.78. The van der Waals surface area contributed by atoms with E-state index < -0.39 is 12.6 Å². The lowest BCUT2D eigenvalue weighted by Crippen LogP contribution is -2.21. The summed E-state index contributed by atoms with van der Waals surface area (Å²) in [5, 5.41) is 0. The Hall–Kier alpha value is -0.250. The second kappa shape index (κ2) is 12.8. The number of hydrogen-bond donors (Lipinski definition) is 1. The Morgan fingerprint density at radius 2 is 1.43 bits per heavy atom. The molecule has 0 saturated heterocycles. The summed E-state index contributed by atoms with van der Waals surface area (Å²) >= 11 is 0. The molecule has 0 aromatic heterocycles. The van der Waals surface area contributed by atoms with Crippen molar-refractivity contribution < 1.29 is 13.2 Å². The molecule has 0 aromatic rings. The fourth-order valence-electron chi connectivity index (χ4n) is 0.553. The van der Waals surface area contributed by atoms with Gasteiger partial charge >= 0.3 is 6.18 Å². The number of halogens is 3. The van der Waals surface area contributed by atoms with Gasteiger partial charge in [-0.25, -0.2) is 0 Å². The molecule has 0 rings (SSSR count). The third-order valence-electron chi connectivity index (χ3n) is 1.32. The van der Waals surface area contributed by atoms with Gasteiger partial charge in [-0.05, 0) is 12.8 Å². The Bertz CT molecular complexity index is 91.9. The normalized spacial score (nSPS) is 11.8. The molecule has 0 fully saturated rings. The monoisotopic (exact) mass is 215 g/mol. The minimum Gasteiger partial charge on any atom is -0.328 e. The van der Waals surface area contributed by atoms with Gasteiger partial charge in [0.15, 0.2) is 0 Å². The van der Waals surface area contributed by atoms with E-state index >= 15 is 0 Å². The Morgan fingerprint density at radius 3 is 1.64 bits per heavy atom. The fraction of sp³-hybridized carbons (Fsp3) is 1.00. The lowest BCUT2D eigenvalue weighted by molar-refractivity contribution is -0.136. The van der Waals surface area contributed by atoms with Crippen LogP contribution in [-0.4, -0.2) is 12.2 Å². The van der Waals surface area contributed by atoms with Gasteiger partial charge in [0.05, 0.1) is 0 Å². The highest BCUT2D eigenvalue weighted by atomic mass is 19.4. The minimum atomic E-state index is -4.05. The van der Waals surface area contributed by atoms with Gasteiger partial charge in [0.25, 0.3) is 0 Å². The average molecular weight is 215 g/mol. The summed E-state index contributed by atoms with van der Waals surface area (Å²) in [5.41, 5.74) is 5.28. The topological polar surface area (TPSA) is 26.0 Å². The maximum atomic E-state index is 11.5. The molecule has 0 radical (unpaired) electrons. The van der Waals surface area contributed by atoms with Gasteiger partial charge in [-0.3, -0.25) is 0 Å². The molecule has 0 aliphatic carbocycles. The molecule has 1 atom stereocenters. The molecule has 0 aliphatic rings. The lowest BCUT2D eigenvalue weighted by atomic mass is 10.1. The van der Waals surface area contributed by atoms with Gasteiger partial charge in [0.2, 0.25) is 0 Å². The molecule has 1 unspecified atom stereocenters. The van der Waals surface area contributed by atoms with E-state index in [1.165, 1.54) is 0 Å². The van der Waals surface area contributed by atoms with Crippen LogP contribution < -0.4 is 5.73 Å². The molecule has 0 spiro atoms. The fourth-order valence-corrected chi connectivity index (χ4v) is 0.553. The smallest absolute Gasteiger partial charge is 0.328 e. The Balaban J connectivity index is -0.000000266. The van der Waals surface area contributed by atoms with Crippen molar-refractivity contribution in [3.8, 4) is 0 Å². The molecule has 0 amide bonds. The first-order valence-electron chi connectivity index (χ1n) is 5.28. The van der Waals surface area contributed by atoms with Gasteiger partial charge in [0, 0.05) is 12.5 Å². The van der Waals surface area contributed by atoms with Crippen molar-refractivity contribution in [2.24, 2.45) is 5.73 Å². The van der Waals surface area contributed by atoms with E-state index in [0.29, 0.717) is 6.42 Å². The number of nitrogens with two attached hydrogens (primary N) is 1. The minimum absolute atomic E-state index is 0.0417. The average Bonchev–Trinajstić information content (AvgIpc) is 2.19. The van der Waals surface area contributed by atoms with Gasteiger partial charge in [-0.15, -0.1) is 0 Å². The Labute approximate surface area is 85.9 Å². The molecule has 4 heteroatoms. The molecule has 90 valence electrons.